The average molecular weight is 538 g/mol. The van der Waals surface area contributed by atoms with Gasteiger partial charge in [0.05, 0.1) is 11.1 Å². The van der Waals surface area contributed by atoms with Crippen LogP contribution >= 0.6 is 0 Å². The number of aromatic nitrogens is 1. The first kappa shape index (κ1) is 26.9. The molecule has 5 rings (SSSR count). The smallest absolute Gasteiger partial charge is 0.410 e. The van der Waals surface area contributed by atoms with Crippen molar-refractivity contribution in [3.05, 3.63) is 52.1 Å². The molecule has 3 amide bonds. The molecule has 3 N–H and O–H groups in total. The van der Waals surface area contributed by atoms with Gasteiger partial charge in [-0.3, -0.25) is 14.5 Å². The van der Waals surface area contributed by atoms with Crippen LogP contribution in [0.1, 0.15) is 67.0 Å². The second-order valence-corrected chi connectivity index (χ2v) is 11.6. The molecule has 2 aromatic rings. The molecule has 9 nitrogen and oxygen atoms in total. The third kappa shape index (κ3) is 5.43. The van der Waals surface area contributed by atoms with E-state index in [4.69, 9.17) is 4.74 Å². The Bertz CT molecular complexity index is 1360. The van der Waals surface area contributed by atoms with E-state index in [1.807, 2.05) is 34.6 Å². The Morgan fingerprint density at radius 3 is 2.56 bits per heavy atom. The van der Waals surface area contributed by atoms with Gasteiger partial charge in [-0.1, -0.05) is 0 Å². The Labute approximate surface area is 227 Å². The Morgan fingerprint density at radius 1 is 1.15 bits per heavy atom. The number of allylic oxidation sites excluding steroid dienone is 1. The maximum absolute atomic E-state index is 14.0. The van der Waals surface area contributed by atoms with Crippen molar-refractivity contribution in [3.63, 3.8) is 0 Å². The molecular weight excluding hydrogens is 501 g/mol. The molecule has 0 saturated carbocycles. The molecule has 208 valence electrons. The number of ether oxygens (including phenoxy) is 1. The summed E-state index contributed by atoms with van der Waals surface area (Å²) in [6, 6.07) is 4.18. The number of H-pyrrole nitrogens is 1. The number of nitrogens with one attached hydrogen (secondary N) is 3. The first-order chi connectivity index (χ1) is 18.4. The zero-order chi connectivity index (χ0) is 28.1. The Balaban J connectivity index is 1.25. The van der Waals surface area contributed by atoms with E-state index >= 15 is 0 Å². The van der Waals surface area contributed by atoms with Crippen molar-refractivity contribution >= 4 is 34.7 Å². The minimum Gasteiger partial charge on any atom is -0.444 e. The van der Waals surface area contributed by atoms with Crippen molar-refractivity contribution in [1.82, 2.24) is 20.1 Å². The lowest BCUT2D eigenvalue weighted by Gasteiger charge is -2.36. The van der Waals surface area contributed by atoms with E-state index in [9.17, 15) is 18.8 Å². The summed E-state index contributed by atoms with van der Waals surface area (Å²) in [5.74, 6) is -0.805. The first-order valence-corrected chi connectivity index (χ1v) is 13.5. The maximum Gasteiger partial charge on any atom is 0.410 e. The lowest BCUT2D eigenvalue weighted by molar-refractivity contribution is -0.110. The van der Waals surface area contributed by atoms with Gasteiger partial charge in [0.25, 0.3) is 11.8 Å². The number of carbonyl (C=O) groups excluding carboxylic acids is 3. The van der Waals surface area contributed by atoms with Gasteiger partial charge in [0.15, 0.2) is 0 Å². The van der Waals surface area contributed by atoms with Crippen molar-refractivity contribution < 1.29 is 23.5 Å². The van der Waals surface area contributed by atoms with Crippen LogP contribution in [0.3, 0.4) is 0 Å². The highest BCUT2D eigenvalue weighted by Gasteiger charge is 2.35. The molecule has 1 aromatic carbocycles. The fraction of sp³-hybridized carbons (Fsp3) is 0.483. The van der Waals surface area contributed by atoms with Gasteiger partial charge in [-0.25, -0.2) is 9.18 Å². The molecule has 1 atom stereocenters. The van der Waals surface area contributed by atoms with E-state index in [2.05, 4.69) is 20.5 Å². The molecule has 1 unspecified atom stereocenters. The van der Waals surface area contributed by atoms with Crippen LogP contribution in [0.2, 0.25) is 0 Å². The van der Waals surface area contributed by atoms with Gasteiger partial charge in [0.1, 0.15) is 11.4 Å². The predicted octanol–water partition coefficient (Wildman–Crippen LogP) is 3.94. The van der Waals surface area contributed by atoms with Crippen molar-refractivity contribution in [2.24, 2.45) is 0 Å². The Kier molecular flexibility index (Phi) is 7.00. The van der Waals surface area contributed by atoms with Crippen LogP contribution in [0.25, 0.3) is 11.1 Å². The molecule has 10 heteroatoms. The van der Waals surface area contributed by atoms with Crippen molar-refractivity contribution in [2.75, 3.05) is 38.0 Å². The number of aromatic amines is 1. The molecule has 1 aliphatic carbocycles. The first-order valence-electron chi connectivity index (χ1n) is 13.5. The van der Waals surface area contributed by atoms with Gasteiger partial charge >= 0.3 is 6.09 Å². The van der Waals surface area contributed by atoms with Gasteiger partial charge in [0.2, 0.25) is 0 Å². The SMILES string of the molecule is Cc1[nH]c2c(c1C(=O)NC(C)CN1CCN(C(=O)OC(C)(C)C)CC1)CC/C2=C1/C(=O)Nc2ccc(F)cc21. The van der Waals surface area contributed by atoms with Crippen LogP contribution in [0.5, 0.6) is 0 Å². The molecule has 39 heavy (non-hydrogen) atoms. The minimum atomic E-state index is -0.521. The van der Waals surface area contributed by atoms with Crippen LogP contribution in [0.4, 0.5) is 14.9 Å². The van der Waals surface area contributed by atoms with Crippen molar-refractivity contribution in [2.45, 2.75) is 59.1 Å². The summed E-state index contributed by atoms with van der Waals surface area (Å²) in [7, 11) is 0. The molecule has 0 bridgehead atoms. The third-order valence-corrected chi connectivity index (χ3v) is 7.41. The lowest BCUT2D eigenvalue weighted by atomic mass is 9.99. The molecule has 0 radical (unpaired) electrons. The largest absolute Gasteiger partial charge is 0.444 e. The Morgan fingerprint density at radius 2 is 1.87 bits per heavy atom. The Hall–Kier alpha value is -3.66. The number of carbonyl (C=O) groups is 3. The molecular formula is C29H36FN5O4. The molecule has 1 fully saturated rings. The number of amides is 3. The van der Waals surface area contributed by atoms with E-state index in [1.165, 1.54) is 12.1 Å². The number of fused-ring (bicyclic) bond motifs is 2. The van der Waals surface area contributed by atoms with E-state index in [0.717, 1.165) is 22.5 Å². The van der Waals surface area contributed by atoms with Crippen LogP contribution < -0.4 is 10.6 Å². The summed E-state index contributed by atoms with van der Waals surface area (Å²) >= 11 is 0. The fourth-order valence-electron chi connectivity index (χ4n) is 5.72. The molecule has 1 saturated heterocycles. The number of nitrogens with zero attached hydrogens (tertiary/aromatic N) is 2. The van der Waals surface area contributed by atoms with Gasteiger partial charge in [-0.05, 0) is 76.8 Å². The molecule has 1 aromatic heterocycles. The number of anilines is 1. The third-order valence-electron chi connectivity index (χ3n) is 7.41. The number of aryl methyl sites for hydroxylation is 1. The van der Waals surface area contributed by atoms with Crippen LogP contribution in [0.15, 0.2) is 18.2 Å². The summed E-state index contributed by atoms with van der Waals surface area (Å²) in [4.78, 5) is 45.8. The van der Waals surface area contributed by atoms with E-state index in [0.29, 0.717) is 68.0 Å². The maximum atomic E-state index is 14.0. The molecule has 2 aliphatic heterocycles. The highest BCUT2D eigenvalue weighted by Crippen LogP contribution is 2.44. The topological polar surface area (TPSA) is 107 Å². The quantitative estimate of drug-likeness (QED) is 0.513. The summed E-state index contributed by atoms with van der Waals surface area (Å²) in [6.07, 6.45) is 0.927. The second kappa shape index (κ2) is 10.1. The van der Waals surface area contributed by atoms with Crippen LogP contribution in [-0.2, 0) is 16.0 Å². The number of hydrogen-bond donors (Lipinski definition) is 3. The number of piperazine rings is 1. The van der Waals surface area contributed by atoms with Gasteiger partial charge in [-0.2, -0.15) is 0 Å². The zero-order valence-electron chi connectivity index (χ0n) is 23.2. The van der Waals surface area contributed by atoms with E-state index in [-0.39, 0.29) is 23.9 Å². The average Bonchev–Trinajstić information content (AvgIpc) is 3.48. The van der Waals surface area contributed by atoms with Gasteiger partial charge < -0.3 is 25.3 Å². The fourth-order valence-corrected chi connectivity index (χ4v) is 5.72. The number of benzene rings is 1. The summed E-state index contributed by atoms with van der Waals surface area (Å²) in [5.41, 5.74) is 4.94. The summed E-state index contributed by atoms with van der Waals surface area (Å²) in [6.45, 7) is 12.6. The summed E-state index contributed by atoms with van der Waals surface area (Å²) in [5, 5.41) is 5.95. The van der Waals surface area contributed by atoms with E-state index in [1.54, 1.807) is 11.0 Å². The minimum absolute atomic E-state index is 0.106. The second-order valence-electron chi connectivity index (χ2n) is 11.6. The van der Waals surface area contributed by atoms with Gasteiger partial charge in [0, 0.05) is 61.4 Å². The summed E-state index contributed by atoms with van der Waals surface area (Å²) < 4.78 is 19.4. The molecule has 3 aliphatic rings. The number of rotatable bonds is 4. The highest BCUT2D eigenvalue weighted by molar-refractivity contribution is 6.37. The van der Waals surface area contributed by atoms with E-state index < -0.39 is 11.4 Å². The van der Waals surface area contributed by atoms with Crippen molar-refractivity contribution in [3.8, 4) is 0 Å². The normalized spacial score (nSPS) is 19.9. The predicted molar refractivity (Wildman–Crippen MR) is 147 cm³/mol. The number of hydrogen-bond acceptors (Lipinski definition) is 5. The van der Waals surface area contributed by atoms with Crippen LogP contribution in [-0.4, -0.2) is 77.1 Å². The van der Waals surface area contributed by atoms with Gasteiger partial charge in [-0.15, -0.1) is 0 Å². The monoisotopic (exact) mass is 537 g/mol. The van der Waals surface area contributed by atoms with Crippen molar-refractivity contribution in [1.29, 1.82) is 0 Å². The standard InChI is InChI=1S/C29H36FN5O4/c1-16(15-34-10-12-35(13-11-34)28(38)39-29(3,4)5)31-26(36)23-17(2)32-25-19(23)7-8-20(25)24-21-14-18(30)6-9-22(21)33-27(24)37/h6,9,14,16,32H,7-8,10-13,15H2,1-5H3,(H,31,36)(H,33,37)/b24-20-. The van der Waals surface area contributed by atoms with Crippen LogP contribution in [0, 0.1) is 12.7 Å². The lowest BCUT2D eigenvalue weighted by Crippen LogP contribution is -2.53. The zero-order valence-corrected chi connectivity index (χ0v) is 23.2. The number of halogens is 1. The highest BCUT2D eigenvalue weighted by atomic mass is 19.1. The molecule has 3 heterocycles. The molecule has 0 spiro atoms.